The van der Waals surface area contributed by atoms with E-state index in [2.05, 4.69) is 30.0 Å². The van der Waals surface area contributed by atoms with E-state index in [1.807, 2.05) is 0 Å². The third-order valence-corrected chi connectivity index (χ3v) is 4.02. The second kappa shape index (κ2) is 5.48. The average molecular weight is 291 g/mol. The fourth-order valence-electron chi connectivity index (χ4n) is 2.41. The van der Waals surface area contributed by atoms with E-state index in [4.69, 9.17) is 18.9 Å². The van der Waals surface area contributed by atoms with Crippen LogP contribution in [0.25, 0.3) is 0 Å². The number of nitrogens with zero attached hydrogens (tertiary/aromatic N) is 1. The lowest BCUT2D eigenvalue weighted by molar-refractivity contribution is 0.262. The van der Waals surface area contributed by atoms with E-state index in [1.165, 1.54) is 5.69 Å². The predicted molar refractivity (Wildman–Crippen MR) is 78.1 cm³/mol. The van der Waals surface area contributed by atoms with E-state index in [9.17, 15) is 0 Å². The molecule has 21 heavy (non-hydrogen) atoms. The molecule has 5 heteroatoms. The SMILES string of the molecule is Cc1ccc(N(CC2CO2)CC2CO2)cc1OCC1CO1. The summed E-state index contributed by atoms with van der Waals surface area (Å²) < 4.78 is 21.8. The van der Waals surface area contributed by atoms with Crippen molar-refractivity contribution in [2.75, 3.05) is 44.4 Å². The first-order valence-electron chi connectivity index (χ1n) is 7.61. The topological polar surface area (TPSA) is 50.1 Å². The number of hydrogen-bond acceptors (Lipinski definition) is 5. The number of hydrogen-bond donors (Lipinski definition) is 0. The Morgan fingerprint density at radius 2 is 1.67 bits per heavy atom. The van der Waals surface area contributed by atoms with Crippen LogP contribution in [0.1, 0.15) is 5.56 Å². The number of benzene rings is 1. The van der Waals surface area contributed by atoms with Gasteiger partial charge in [-0.25, -0.2) is 0 Å². The second-order valence-corrected chi connectivity index (χ2v) is 6.03. The Hall–Kier alpha value is -1.30. The summed E-state index contributed by atoms with van der Waals surface area (Å²) in [5.41, 5.74) is 2.34. The molecular formula is C16H21NO4. The first-order chi connectivity index (χ1) is 10.3. The number of ether oxygens (including phenoxy) is 4. The summed E-state index contributed by atoms with van der Waals surface area (Å²) >= 11 is 0. The summed E-state index contributed by atoms with van der Waals surface area (Å²) in [5.74, 6) is 0.946. The van der Waals surface area contributed by atoms with Crippen LogP contribution in [-0.2, 0) is 14.2 Å². The van der Waals surface area contributed by atoms with Gasteiger partial charge in [0.25, 0.3) is 0 Å². The zero-order valence-electron chi connectivity index (χ0n) is 12.3. The molecule has 0 amide bonds. The van der Waals surface area contributed by atoms with Crippen molar-refractivity contribution in [1.29, 1.82) is 0 Å². The van der Waals surface area contributed by atoms with E-state index < -0.39 is 0 Å². The van der Waals surface area contributed by atoms with E-state index in [-0.39, 0.29) is 6.10 Å². The minimum atomic E-state index is 0.281. The van der Waals surface area contributed by atoms with Gasteiger partial charge in [0.2, 0.25) is 0 Å². The van der Waals surface area contributed by atoms with Crippen molar-refractivity contribution < 1.29 is 18.9 Å². The third-order valence-electron chi connectivity index (χ3n) is 4.02. The molecule has 3 aliphatic heterocycles. The highest BCUT2D eigenvalue weighted by molar-refractivity contribution is 5.54. The third kappa shape index (κ3) is 3.67. The largest absolute Gasteiger partial charge is 0.490 e. The standard InChI is InChI=1S/C16H21NO4/c1-11-2-3-12(4-16(11)21-10-15-9-20-15)17(5-13-7-18-13)6-14-8-19-14/h2-4,13-15H,5-10H2,1H3. The van der Waals surface area contributed by atoms with Crippen LogP contribution in [0.2, 0.25) is 0 Å². The zero-order valence-corrected chi connectivity index (χ0v) is 12.3. The molecule has 3 unspecified atom stereocenters. The van der Waals surface area contributed by atoms with Gasteiger partial charge in [0.15, 0.2) is 0 Å². The summed E-state index contributed by atoms with van der Waals surface area (Å²) in [4.78, 5) is 2.34. The maximum absolute atomic E-state index is 5.88. The highest BCUT2D eigenvalue weighted by atomic mass is 16.6. The van der Waals surface area contributed by atoms with E-state index in [0.29, 0.717) is 18.8 Å². The minimum Gasteiger partial charge on any atom is -0.490 e. The van der Waals surface area contributed by atoms with E-state index in [1.54, 1.807) is 0 Å². The molecule has 3 fully saturated rings. The molecule has 0 N–H and O–H groups in total. The van der Waals surface area contributed by atoms with Crippen molar-refractivity contribution in [3.63, 3.8) is 0 Å². The van der Waals surface area contributed by atoms with Crippen molar-refractivity contribution in [3.8, 4) is 5.75 Å². The molecule has 0 saturated carbocycles. The van der Waals surface area contributed by atoms with Gasteiger partial charge in [0.1, 0.15) is 18.5 Å². The first-order valence-corrected chi connectivity index (χ1v) is 7.61. The van der Waals surface area contributed by atoms with Gasteiger partial charge in [-0.15, -0.1) is 0 Å². The fourth-order valence-corrected chi connectivity index (χ4v) is 2.41. The molecule has 4 rings (SSSR count). The normalized spacial score (nSPS) is 29.1. The van der Waals surface area contributed by atoms with Gasteiger partial charge in [-0.1, -0.05) is 6.07 Å². The summed E-state index contributed by atoms with van der Waals surface area (Å²) in [6.07, 6.45) is 1.02. The van der Waals surface area contributed by atoms with Gasteiger partial charge >= 0.3 is 0 Å². The highest BCUT2D eigenvalue weighted by Gasteiger charge is 2.31. The molecule has 1 aromatic carbocycles. The van der Waals surface area contributed by atoms with Crippen LogP contribution in [0.3, 0.4) is 0 Å². The van der Waals surface area contributed by atoms with Gasteiger partial charge in [0, 0.05) is 24.8 Å². The van der Waals surface area contributed by atoms with Gasteiger partial charge in [-0.2, -0.15) is 0 Å². The molecule has 0 radical (unpaired) electrons. The van der Waals surface area contributed by atoms with Gasteiger partial charge in [-0.3, -0.25) is 0 Å². The molecule has 0 bridgehead atoms. The number of rotatable bonds is 8. The lowest BCUT2D eigenvalue weighted by Gasteiger charge is -2.24. The van der Waals surface area contributed by atoms with Crippen molar-refractivity contribution in [2.24, 2.45) is 0 Å². The predicted octanol–water partition coefficient (Wildman–Crippen LogP) is 1.38. The monoisotopic (exact) mass is 291 g/mol. The Morgan fingerprint density at radius 1 is 1.05 bits per heavy atom. The Bertz CT molecular complexity index is 495. The Morgan fingerprint density at radius 3 is 2.24 bits per heavy atom. The first kappa shape index (κ1) is 13.4. The molecule has 0 spiro atoms. The molecule has 0 aliphatic carbocycles. The van der Waals surface area contributed by atoms with Gasteiger partial charge in [0.05, 0.1) is 32.0 Å². The summed E-state index contributed by atoms with van der Waals surface area (Å²) in [6.45, 7) is 7.13. The smallest absolute Gasteiger partial charge is 0.124 e. The minimum absolute atomic E-state index is 0.281. The van der Waals surface area contributed by atoms with Crippen molar-refractivity contribution in [3.05, 3.63) is 23.8 Å². The maximum Gasteiger partial charge on any atom is 0.124 e. The van der Waals surface area contributed by atoms with Crippen molar-refractivity contribution >= 4 is 5.69 Å². The van der Waals surface area contributed by atoms with Crippen LogP contribution in [0.4, 0.5) is 5.69 Å². The summed E-state index contributed by atoms with van der Waals surface area (Å²) in [5, 5.41) is 0. The quantitative estimate of drug-likeness (QED) is 0.677. The van der Waals surface area contributed by atoms with E-state index >= 15 is 0 Å². The molecular weight excluding hydrogens is 270 g/mol. The van der Waals surface area contributed by atoms with Gasteiger partial charge < -0.3 is 23.8 Å². The van der Waals surface area contributed by atoms with Crippen molar-refractivity contribution in [1.82, 2.24) is 0 Å². The molecule has 5 nitrogen and oxygen atoms in total. The summed E-state index contributed by atoms with van der Waals surface area (Å²) in [6, 6.07) is 6.40. The Labute approximate surface area is 124 Å². The molecule has 1 aromatic rings. The molecule has 3 saturated heterocycles. The lowest BCUT2D eigenvalue weighted by atomic mass is 10.1. The summed E-state index contributed by atoms with van der Waals surface area (Å²) in [7, 11) is 0. The Balaban J connectivity index is 1.48. The van der Waals surface area contributed by atoms with Gasteiger partial charge in [-0.05, 0) is 18.6 Å². The second-order valence-electron chi connectivity index (χ2n) is 6.03. The molecule has 0 aromatic heterocycles. The van der Waals surface area contributed by atoms with Crippen LogP contribution in [0, 0.1) is 6.92 Å². The molecule has 3 heterocycles. The molecule has 3 aliphatic rings. The fraction of sp³-hybridized carbons (Fsp3) is 0.625. The maximum atomic E-state index is 5.88. The van der Waals surface area contributed by atoms with Crippen LogP contribution in [0.5, 0.6) is 5.75 Å². The Kier molecular flexibility index (Phi) is 3.49. The lowest BCUT2D eigenvalue weighted by Crippen LogP contribution is -2.31. The molecule has 3 atom stereocenters. The number of epoxide rings is 3. The highest BCUT2D eigenvalue weighted by Crippen LogP contribution is 2.29. The van der Waals surface area contributed by atoms with E-state index in [0.717, 1.165) is 44.2 Å². The number of anilines is 1. The number of aryl methyl sites for hydroxylation is 1. The van der Waals surface area contributed by atoms with Crippen LogP contribution >= 0.6 is 0 Å². The van der Waals surface area contributed by atoms with Crippen LogP contribution in [0.15, 0.2) is 18.2 Å². The zero-order chi connectivity index (χ0) is 14.2. The van der Waals surface area contributed by atoms with Crippen LogP contribution in [-0.4, -0.2) is 57.8 Å². The van der Waals surface area contributed by atoms with Crippen LogP contribution < -0.4 is 9.64 Å². The van der Waals surface area contributed by atoms with Crippen molar-refractivity contribution in [2.45, 2.75) is 25.2 Å². The average Bonchev–Trinajstić information content (AvgIpc) is 3.34. The molecule has 114 valence electrons.